The van der Waals surface area contributed by atoms with E-state index < -0.39 is 5.82 Å². The summed E-state index contributed by atoms with van der Waals surface area (Å²) in [6.07, 6.45) is 0.840. The van der Waals surface area contributed by atoms with Crippen LogP contribution >= 0.6 is 0 Å². The number of hydrogen-bond donors (Lipinski definition) is 1. The molecule has 1 heterocycles. The number of anilines is 1. The number of rotatable bonds is 6. The number of aromatic nitrogens is 3. The molecule has 0 aliphatic rings. The zero-order chi connectivity index (χ0) is 15.2. The monoisotopic (exact) mass is 292 g/mol. The van der Waals surface area contributed by atoms with Crippen molar-refractivity contribution in [3.8, 4) is 23.1 Å². The van der Waals surface area contributed by atoms with Gasteiger partial charge < -0.3 is 14.8 Å². The molecule has 0 saturated heterocycles. The lowest BCUT2D eigenvalue weighted by Crippen LogP contribution is -2.06. The predicted molar refractivity (Wildman–Crippen MR) is 77.1 cm³/mol. The highest BCUT2D eigenvalue weighted by atomic mass is 19.1. The highest BCUT2D eigenvalue weighted by Crippen LogP contribution is 2.24. The molecule has 1 N–H and O–H groups in total. The molecule has 0 fully saturated rings. The Morgan fingerprint density at radius 1 is 1.24 bits per heavy atom. The van der Waals surface area contributed by atoms with Crippen LogP contribution in [0.25, 0.3) is 11.4 Å². The van der Waals surface area contributed by atoms with Gasteiger partial charge in [-0.25, -0.2) is 4.39 Å². The second-order valence-corrected chi connectivity index (χ2v) is 4.21. The summed E-state index contributed by atoms with van der Waals surface area (Å²) < 4.78 is 24.1. The fraction of sp³-hybridized carbons (Fsp3) is 0.357. The number of halogens is 1. The molecule has 0 amide bonds. The number of methoxy groups -OCH3 is 1. The van der Waals surface area contributed by atoms with Crippen LogP contribution in [0, 0.1) is 5.82 Å². The average molecular weight is 292 g/mol. The molecule has 1 aromatic carbocycles. The summed E-state index contributed by atoms with van der Waals surface area (Å²) in [6.45, 7) is 2.49. The smallest absolute Gasteiger partial charge is 0.321 e. The van der Waals surface area contributed by atoms with Crippen molar-refractivity contribution in [3.05, 3.63) is 24.0 Å². The topological polar surface area (TPSA) is 69.2 Å². The standard InChI is InChI=1S/C14H17FN4O2/c1-4-7-21-14-18-12(17-13(16-2)19-14)9-5-6-11(20-3)10(15)8-9/h5-6,8H,4,7H2,1-3H3,(H,16,17,18,19). The Kier molecular flexibility index (Phi) is 4.86. The molecular formula is C14H17FN4O2. The normalized spacial score (nSPS) is 10.3. The van der Waals surface area contributed by atoms with Crippen LogP contribution in [0.2, 0.25) is 0 Å². The van der Waals surface area contributed by atoms with Crippen LogP contribution in [0.5, 0.6) is 11.8 Å². The fourth-order valence-electron chi connectivity index (χ4n) is 1.66. The molecule has 2 rings (SSSR count). The van der Waals surface area contributed by atoms with Gasteiger partial charge in [-0.2, -0.15) is 15.0 Å². The maximum Gasteiger partial charge on any atom is 0.321 e. The lowest BCUT2D eigenvalue weighted by atomic mass is 10.2. The lowest BCUT2D eigenvalue weighted by Gasteiger charge is -2.08. The van der Waals surface area contributed by atoms with Gasteiger partial charge in [0.05, 0.1) is 13.7 Å². The van der Waals surface area contributed by atoms with Crippen molar-refractivity contribution < 1.29 is 13.9 Å². The van der Waals surface area contributed by atoms with Gasteiger partial charge in [0.2, 0.25) is 5.95 Å². The third-order valence-electron chi connectivity index (χ3n) is 2.68. The minimum Gasteiger partial charge on any atom is -0.494 e. The van der Waals surface area contributed by atoms with Crippen molar-refractivity contribution in [2.75, 3.05) is 26.1 Å². The summed E-state index contributed by atoms with van der Waals surface area (Å²) in [5.74, 6) is 0.394. The van der Waals surface area contributed by atoms with E-state index in [1.807, 2.05) is 6.92 Å². The Hall–Kier alpha value is -2.44. The fourth-order valence-corrected chi connectivity index (χ4v) is 1.66. The van der Waals surface area contributed by atoms with E-state index in [-0.39, 0.29) is 11.8 Å². The molecule has 7 heteroatoms. The van der Waals surface area contributed by atoms with Crippen molar-refractivity contribution in [1.82, 2.24) is 15.0 Å². The molecule has 0 aliphatic heterocycles. The number of nitrogens with one attached hydrogen (secondary N) is 1. The van der Waals surface area contributed by atoms with Gasteiger partial charge in [0.25, 0.3) is 0 Å². The third kappa shape index (κ3) is 3.56. The van der Waals surface area contributed by atoms with Gasteiger partial charge in [0.15, 0.2) is 17.4 Å². The first-order valence-electron chi connectivity index (χ1n) is 6.58. The van der Waals surface area contributed by atoms with E-state index in [2.05, 4.69) is 20.3 Å². The van der Waals surface area contributed by atoms with Gasteiger partial charge in [-0.15, -0.1) is 0 Å². The molecular weight excluding hydrogens is 275 g/mol. The molecule has 6 nitrogen and oxygen atoms in total. The Labute approximate surface area is 122 Å². The molecule has 2 aromatic rings. The molecule has 0 bridgehead atoms. The van der Waals surface area contributed by atoms with Crippen LogP contribution in [0.4, 0.5) is 10.3 Å². The van der Waals surface area contributed by atoms with Gasteiger partial charge in [0, 0.05) is 12.6 Å². The Bertz CT molecular complexity index is 622. The maximum absolute atomic E-state index is 13.8. The first-order chi connectivity index (χ1) is 10.2. The minimum atomic E-state index is -0.475. The number of benzene rings is 1. The van der Waals surface area contributed by atoms with Gasteiger partial charge in [-0.1, -0.05) is 6.92 Å². The Balaban J connectivity index is 2.39. The quantitative estimate of drug-likeness (QED) is 0.882. The zero-order valence-corrected chi connectivity index (χ0v) is 12.2. The number of ether oxygens (including phenoxy) is 2. The van der Waals surface area contributed by atoms with E-state index in [0.29, 0.717) is 23.9 Å². The largest absolute Gasteiger partial charge is 0.494 e. The summed E-state index contributed by atoms with van der Waals surface area (Å²) in [6, 6.07) is 4.74. The first kappa shape index (κ1) is 15.0. The van der Waals surface area contributed by atoms with Crippen LogP contribution in [-0.4, -0.2) is 35.7 Å². The summed E-state index contributed by atoms with van der Waals surface area (Å²) in [5.41, 5.74) is 0.522. The van der Waals surface area contributed by atoms with Crippen molar-refractivity contribution >= 4 is 5.95 Å². The second kappa shape index (κ2) is 6.83. The zero-order valence-electron chi connectivity index (χ0n) is 12.2. The van der Waals surface area contributed by atoms with Crippen molar-refractivity contribution in [2.45, 2.75) is 13.3 Å². The van der Waals surface area contributed by atoms with E-state index in [0.717, 1.165) is 6.42 Å². The van der Waals surface area contributed by atoms with E-state index in [9.17, 15) is 4.39 Å². The van der Waals surface area contributed by atoms with E-state index >= 15 is 0 Å². The molecule has 1 aromatic heterocycles. The highest BCUT2D eigenvalue weighted by molar-refractivity contribution is 5.58. The minimum absolute atomic E-state index is 0.170. The second-order valence-electron chi connectivity index (χ2n) is 4.21. The van der Waals surface area contributed by atoms with Crippen LogP contribution in [-0.2, 0) is 0 Å². The molecule has 0 atom stereocenters. The molecule has 112 valence electrons. The van der Waals surface area contributed by atoms with Gasteiger partial charge >= 0.3 is 6.01 Å². The van der Waals surface area contributed by atoms with Gasteiger partial charge in [-0.3, -0.25) is 0 Å². The number of hydrogen-bond acceptors (Lipinski definition) is 6. The summed E-state index contributed by atoms with van der Waals surface area (Å²) in [7, 11) is 3.11. The van der Waals surface area contributed by atoms with Crippen LogP contribution < -0.4 is 14.8 Å². The summed E-state index contributed by atoms with van der Waals surface area (Å²) in [5, 5.41) is 2.83. The first-order valence-corrected chi connectivity index (χ1v) is 6.58. The van der Waals surface area contributed by atoms with Gasteiger partial charge in [0.1, 0.15) is 0 Å². The van der Waals surface area contributed by atoms with Crippen molar-refractivity contribution in [3.63, 3.8) is 0 Å². The third-order valence-corrected chi connectivity index (χ3v) is 2.68. The van der Waals surface area contributed by atoms with Crippen LogP contribution in [0.1, 0.15) is 13.3 Å². The Morgan fingerprint density at radius 3 is 2.67 bits per heavy atom. The molecule has 0 radical (unpaired) electrons. The van der Waals surface area contributed by atoms with E-state index in [4.69, 9.17) is 9.47 Å². The Morgan fingerprint density at radius 2 is 2.05 bits per heavy atom. The van der Waals surface area contributed by atoms with Crippen molar-refractivity contribution in [2.24, 2.45) is 0 Å². The summed E-state index contributed by atoms with van der Waals surface area (Å²) >= 11 is 0. The molecule has 0 unspecified atom stereocenters. The SMILES string of the molecule is CCCOc1nc(NC)nc(-c2ccc(OC)c(F)c2)n1. The summed E-state index contributed by atoms with van der Waals surface area (Å²) in [4.78, 5) is 12.5. The lowest BCUT2D eigenvalue weighted by molar-refractivity contribution is 0.292. The molecule has 0 saturated carbocycles. The molecule has 0 aliphatic carbocycles. The van der Waals surface area contributed by atoms with Crippen molar-refractivity contribution in [1.29, 1.82) is 0 Å². The van der Waals surface area contributed by atoms with Crippen LogP contribution in [0.3, 0.4) is 0 Å². The molecule has 0 spiro atoms. The molecule has 21 heavy (non-hydrogen) atoms. The predicted octanol–water partition coefficient (Wildman–Crippen LogP) is 2.52. The van der Waals surface area contributed by atoms with E-state index in [1.54, 1.807) is 13.1 Å². The van der Waals surface area contributed by atoms with E-state index in [1.165, 1.54) is 19.2 Å². The van der Waals surface area contributed by atoms with Gasteiger partial charge in [-0.05, 0) is 24.6 Å². The maximum atomic E-state index is 13.8. The average Bonchev–Trinajstić information content (AvgIpc) is 2.52. The number of nitrogens with zero attached hydrogens (tertiary/aromatic N) is 3. The van der Waals surface area contributed by atoms with Crippen LogP contribution in [0.15, 0.2) is 18.2 Å². The highest BCUT2D eigenvalue weighted by Gasteiger charge is 2.11.